The molecule has 1 atom stereocenters. The first kappa shape index (κ1) is 20.3. The standard InChI is InChI=1S/C24H28N4O2/c1-3-24(18-25-24)27(2)14-7-15-30-22-12-10-21(11-13-22)28-17-20(16-26-28)23(29)19-8-5-4-6-9-19/h4-6,8-13,16-17,25H,3,7,14-15,18H2,1-2H3. The quantitative estimate of drug-likeness (QED) is 0.318. The molecule has 0 bridgehead atoms. The van der Waals surface area contributed by atoms with Gasteiger partial charge in [-0.05, 0) is 44.2 Å². The molecule has 0 spiro atoms. The minimum atomic E-state index is -0.0296. The number of carbonyl (C=O) groups excluding carboxylic acids is 1. The number of likely N-dealkylation sites (N-methyl/N-ethyl adjacent to an activating group) is 1. The molecular weight excluding hydrogens is 376 g/mol. The summed E-state index contributed by atoms with van der Waals surface area (Å²) in [6.45, 7) is 4.98. The van der Waals surface area contributed by atoms with Crippen molar-refractivity contribution in [3.8, 4) is 11.4 Å². The van der Waals surface area contributed by atoms with Crippen molar-refractivity contribution in [3.63, 3.8) is 0 Å². The molecule has 0 radical (unpaired) electrons. The van der Waals surface area contributed by atoms with Gasteiger partial charge in [0.15, 0.2) is 5.78 Å². The average Bonchev–Trinajstić information content (AvgIpc) is 3.45. The van der Waals surface area contributed by atoms with Gasteiger partial charge < -0.3 is 4.74 Å². The number of hydrogen-bond donors (Lipinski definition) is 1. The lowest BCUT2D eigenvalue weighted by Crippen LogP contribution is -2.38. The molecule has 30 heavy (non-hydrogen) atoms. The maximum atomic E-state index is 12.5. The fourth-order valence-corrected chi connectivity index (χ4v) is 3.63. The van der Waals surface area contributed by atoms with Crippen LogP contribution in [-0.4, -0.2) is 52.9 Å². The number of hydrogen-bond acceptors (Lipinski definition) is 5. The van der Waals surface area contributed by atoms with E-state index >= 15 is 0 Å². The predicted molar refractivity (Wildman–Crippen MR) is 117 cm³/mol. The molecule has 4 rings (SSSR count). The van der Waals surface area contributed by atoms with E-state index in [9.17, 15) is 4.79 Å². The summed E-state index contributed by atoms with van der Waals surface area (Å²) in [6.07, 6.45) is 5.47. The Morgan fingerprint density at radius 3 is 2.57 bits per heavy atom. The van der Waals surface area contributed by atoms with E-state index in [1.165, 1.54) is 0 Å². The molecule has 3 aromatic rings. The van der Waals surface area contributed by atoms with E-state index in [2.05, 4.69) is 29.3 Å². The Morgan fingerprint density at radius 2 is 1.90 bits per heavy atom. The smallest absolute Gasteiger partial charge is 0.196 e. The van der Waals surface area contributed by atoms with E-state index < -0.39 is 0 Å². The Hall–Kier alpha value is -2.96. The lowest BCUT2D eigenvalue weighted by Gasteiger charge is -2.25. The Morgan fingerprint density at radius 1 is 1.17 bits per heavy atom. The zero-order valence-corrected chi connectivity index (χ0v) is 17.5. The highest BCUT2D eigenvalue weighted by atomic mass is 16.5. The second-order valence-electron chi connectivity index (χ2n) is 7.72. The van der Waals surface area contributed by atoms with Gasteiger partial charge in [-0.1, -0.05) is 37.3 Å². The van der Waals surface area contributed by atoms with Crippen LogP contribution in [0.25, 0.3) is 5.69 Å². The first-order chi connectivity index (χ1) is 14.6. The van der Waals surface area contributed by atoms with Crippen LogP contribution in [0.3, 0.4) is 0 Å². The molecule has 0 saturated carbocycles. The molecule has 6 nitrogen and oxygen atoms in total. The van der Waals surface area contributed by atoms with E-state index in [0.29, 0.717) is 17.7 Å². The molecule has 6 heteroatoms. The topological polar surface area (TPSA) is 69.3 Å². The van der Waals surface area contributed by atoms with E-state index in [1.807, 2.05) is 54.6 Å². The maximum Gasteiger partial charge on any atom is 0.196 e. The molecule has 1 aromatic heterocycles. The van der Waals surface area contributed by atoms with Crippen molar-refractivity contribution in [2.45, 2.75) is 25.4 Å². The van der Waals surface area contributed by atoms with Crippen LogP contribution in [0, 0.1) is 0 Å². The third-order valence-electron chi connectivity index (χ3n) is 5.79. The van der Waals surface area contributed by atoms with Crippen LogP contribution >= 0.6 is 0 Å². The number of nitrogens with one attached hydrogen (secondary N) is 1. The van der Waals surface area contributed by atoms with Gasteiger partial charge in [0.05, 0.1) is 29.7 Å². The van der Waals surface area contributed by atoms with Gasteiger partial charge in [-0.15, -0.1) is 0 Å². The molecule has 0 aliphatic carbocycles. The molecule has 1 N–H and O–H groups in total. The summed E-state index contributed by atoms with van der Waals surface area (Å²) in [4.78, 5) is 14.9. The first-order valence-electron chi connectivity index (χ1n) is 10.5. The second-order valence-corrected chi connectivity index (χ2v) is 7.72. The molecule has 0 amide bonds. The van der Waals surface area contributed by atoms with Crippen LogP contribution in [0.15, 0.2) is 67.0 Å². The van der Waals surface area contributed by atoms with Crippen molar-refractivity contribution in [2.75, 3.05) is 26.7 Å². The summed E-state index contributed by atoms with van der Waals surface area (Å²) in [5.74, 6) is 0.807. The third kappa shape index (κ3) is 4.45. The van der Waals surface area contributed by atoms with Crippen LogP contribution < -0.4 is 10.1 Å². The number of benzene rings is 2. The zero-order valence-electron chi connectivity index (χ0n) is 17.5. The fraction of sp³-hybridized carbons (Fsp3) is 0.333. The van der Waals surface area contributed by atoms with Crippen molar-refractivity contribution in [3.05, 3.63) is 78.1 Å². The van der Waals surface area contributed by atoms with Crippen LogP contribution in [-0.2, 0) is 0 Å². The van der Waals surface area contributed by atoms with E-state index in [1.54, 1.807) is 17.1 Å². The zero-order chi connectivity index (χ0) is 21.0. The van der Waals surface area contributed by atoms with Crippen molar-refractivity contribution < 1.29 is 9.53 Å². The van der Waals surface area contributed by atoms with Crippen molar-refractivity contribution in [1.82, 2.24) is 20.0 Å². The van der Waals surface area contributed by atoms with Gasteiger partial charge in [0.25, 0.3) is 0 Å². The van der Waals surface area contributed by atoms with Gasteiger partial charge in [0.1, 0.15) is 5.75 Å². The predicted octanol–water partition coefficient (Wildman–Crippen LogP) is 3.51. The number of carbonyl (C=O) groups is 1. The van der Waals surface area contributed by atoms with Crippen molar-refractivity contribution >= 4 is 5.78 Å². The normalized spacial score (nSPS) is 17.8. The van der Waals surface area contributed by atoms with Gasteiger partial charge in [-0.2, -0.15) is 5.10 Å². The minimum absolute atomic E-state index is 0.0296. The van der Waals surface area contributed by atoms with E-state index in [4.69, 9.17) is 4.74 Å². The first-order valence-corrected chi connectivity index (χ1v) is 10.5. The highest BCUT2D eigenvalue weighted by molar-refractivity contribution is 6.08. The summed E-state index contributed by atoms with van der Waals surface area (Å²) in [6, 6.07) is 17.0. The van der Waals surface area contributed by atoms with Crippen LogP contribution in [0.5, 0.6) is 5.75 Å². The summed E-state index contributed by atoms with van der Waals surface area (Å²) in [5, 5.41) is 7.79. The number of ketones is 1. The summed E-state index contributed by atoms with van der Waals surface area (Å²) in [5.41, 5.74) is 2.33. The summed E-state index contributed by atoms with van der Waals surface area (Å²) in [7, 11) is 2.17. The van der Waals surface area contributed by atoms with Gasteiger partial charge in [-0.3, -0.25) is 15.0 Å². The van der Waals surface area contributed by atoms with Crippen molar-refractivity contribution in [2.24, 2.45) is 0 Å². The Bertz CT molecular complexity index is 978. The SMILES string of the molecule is CCC1(N(C)CCCOc2ccc(-n3cc(C(=O)c4ccccc4)cn3)cc2)CN1. The number of nitrogens with zero attached hydrogens (tertiary/aromatic N) is 3. The highest BCUT2D eigenvalue weighted by Crippen LogP contribution is 2.25. The van der Waals surface area contributed by atoms with Crippen molar-refractivity contribution in [1.29, 1.82) is 0 Å². The van der Waals surface area contributed by atoms with E-state index in [0.717, 1.165) is 37.4 Å². The molecule has 2 aromatic carbocycles. The highest BCUT2D eigenvalue weighted by Gasteiger charge is 2.43. The molecule has 1 fully saturated rings. The molecule has 156 valence electrons. The molecule has 1 unspecified atom stereocenters. The lowest BCUT2D eigenvalue weighted by molar-refractivity contribution is 0.103. The van der Waals surface area contributed by atoms with Crippen LogP contribution in [0.1, 0.15) is 35.7 Å². The molecule has 1 aliphatic rings. The molecule has 1 aliphatic heterocycles. The fourth-order valence-electron chi connectivity index (χ4n) is 3.63. The Balaban J connectivity index is 1.30. The number of aromatic nitrogens is 2. The Kier molecular flexibility index (Phi) is 5.97. The monoisotopic (exact) mass is 404 g/mol. The largest absolute Gasteiger partial charge is 0.494 e. The lowest BCUT2D eigenvalue weighted by atomic mass is 10.1. The van der Waals surface area contributed by atoms with Crippen LogP contribution in [0.4, 0.5) is 0 Å². The second kappa shape index (κ2) is 8.81. The minimum Gasteiger partial charge on any atom is -0.494 e. The molecular formula is C24H28N4O2. The summed E-state index contributed by atoms with van der Waals surface area (Å²) >= 11 is 0. The van der Waals surface area contributed by atoms with Gasteiger partial charge in [-0.25, -0.2) is 4.68 Å². The molecule has 2 heterocycles. The third-order valence-corrected chi connectivity index (χ3v) is 5.79. The van der Waals surface area contributed by atoms with Gasteiger partial charge >= 0.3 is 0 Å². The van der Waals surface area contributed by atoms with E-state index in [-0.39, 0.29) is 11.4 Å². The average molecular weight is 405 g/mol. The molecule has 1 saturated heterocycles. The van der Waals surface area contributed by atoms with Gasteiger partial charge in [0.2, 0.25) is 0 Å². The van der Waals surface area contributed by atoms with Gasteiger partial charge in [0, 0.05) is 24.8 Å². The number of rotatable bonds is 10. The maximum absolute atomic E-state index is 12.5. The Labute approximate surface area is 177 Å². The number of ether oxygens (including phenoxy) is 1. The summed E-state index contributed by atoms with van der Waals surface area (Å²) < 4.78 is 7.59. The van der Waals surface area contributed by atoms with Crippen LogP contribution in [0.2, 0.25) is 0 Å².